The molecule has 0 aromatic heterocycles. The summed E-state index contributed by atoms with van der Waals surface area (Å²) in [6, 6.07) is 0. The van der Waals surface area contributed by atoms with Gasteiger partial charge in [-0.2, -0.15) is 0 Å². The summed E-state index contributed by atoms with van der Waals surface area (Å²) in [5, 5.41) is 0. The topological polar surface area (TPSA) is 0 Å². The van der Waals surface area contributed by atoms with E-state index < -0.39 is 0 Å². The maximum atomic E-state index is 2.45. The summed E-state index contributed by atoms with van der Waals surface area (Å²) in [6.07, 6.45) is 8.84. The molecular formula is C14H28. The third-order valence-electron chi connectivity index (χ3n) is 4.15. The molecule has 1 fully saturated rings. The molecule has 1 aliphatic rings. The van der Waals surface area contributed by atoms with E-state index in [1.54, 1.807) is 0 Å². The molecule has 3 unspecified atom stereocenters. The molecule has 0 spiro atoms. The van der Waals surface area contributed by atoms with Crippen molar-refractivity contribution in [2.24, 2.45) is 23.7 Å². The average Bonchev–Trinajstić information content (AvgIpc) is 2.16. The molecule has 1 rings (SSSR count). The Morgan fingerprint density at radius 2 is 1.93 bits per heavy atom. The van der Waals surface area contributed by atoms with Gasteiger partial charge in [0, 0.05) is 0 Å². The summed E-state index contributed by atoms with van der Waals surface area (Å²) in [6.45, 7) is 9.52. The lowest BCUT2D eigenvalue weighted by Gasteiger charge is -2.34. The first kappa shape index (κ1) is 12.1. The van der Waals surface area contributed by atoms with Crippen LogP contribution in [0.3, 0.4) is 0 Å². The summed E-state index contributed by atoms with van der Waals surface area (Å²) >= 11 is 0. The molecule has 14 heavy (non-hydrogen) atoms. The number of rotatable bonds is 4. The Morgan fingerprint density at radius 1 is 1.21 bits per heavy atom. The van der Waals surface area contributed by atoms with Gasteiger partial charge in [-0.25, -0.2) is 0 Å². The van der Waals surface area contributed by atoms with Gasteiger partial charge in [-0.15, -0.1) is 0 Å². The van der Waals surface area contributed by atoms with Crippen LogP contribution >= 0.6 is 0 Å². The SMILES string of the molecule is CCC1CC(CCC(C)C)CCC1C. The fraction of sp³-hybridized carbons (Fsp3) is 1.00. The fourth-order valence-electron chi connectivity index (χ4n) is 2.91. The number of hydrogen-bond acceptors (Lipinski definition) is 0. The van der Waals surface area contributed by atoms with Crippen LogP contribution < -0.4 is 0 Å². The van der Waals surface area contributed by atoms with Crippen molar-refractivity contribution in [3.8, 4) is 0 Å². The van der Waals surface area contributed by atoms with E-state index in [1.165, 1.54) is 38.5 Å². The summed E-state index contributed by atoms with van der Waals surface area (Å²) in [7, 11) is 0. The second kappa shape index (κ2) is 5.78. The molecule has 0 radical (unpaired) electrons. The van der Waals surface area contributed by atoms with Crippen LogP contribution in [0.2, 0.25) is 0 Å². The quantitative estimate of drug-likeness (QED) is 0.601. The van der Waals surface area contributed by atoms with Crippen molar-refractivity contribution in [3.05, 3.63) is 0 Å². The molecule has 1 aliphatic carbocycles. The minimum atomic E-state index is 0.898. The molecule has 0 saturated heterocycles. The Labute approximate surface area is 90.5 Å². The molecule has 0 aromatic rings. The predicted molar refractivity (Wildman–Crippen MR) is 64.4 cm³/mol. The zero-order valence-corrected chi connectivity index (χ0v) is 10.6. The van der Waals surface area contributed by atoms with Crippen molar-refractivity contribution >= 4 is 0 Å². The van der Waals surface area contributed by atoms with Crippen LogP contribution in [0.25, 0.3) is 0 Å². The van der Waals surface area contributed by atoms with Crippen LogP contribution in [-0.2, 0) is 0 Å². The average molecular weight is 196 g/mol. The van der Waals surface area contributed by atoms with E-state index in [-0.39, 0.29) is 0 Å². The van der Waals surface area contributed by atoms with Crippen LogP contribution in [0.5, 0.6) is 0 Å². The monoisotopic (exact) mass is 196 g/mol. The first-order chi connectivity index (χ1) is 6.63. The Morgan fingerprint density at radius 3 is 2.50 bits per heavy atom. The van der Waals surface area contributed by atoms with Crippen LogP contribution in [0.4, 0.5) is 0 Å². The maximum absolute atomic E-state index is 2.45. The highest BCUT2D eigenvalue weighted by Crippen LogP contribution is 2.37. The van der Waals surface area contributed by atoms with Crippen LogP contribution in [0, 0.1) is 23.7 Å². The van der Waals surface area contributed by atoms with Crippen molar-refractivity contribution in [1.29, 1.82) is 0 Å². The summed E-state index contributed by atoms with van der Waals surface area (Å²) in [5.41, 5.74) is 0. The molecule has 0 aromatic carbocycles. The van der Waals surface area contributed by atoms with Crippen LogP contribution in [0.1, 0.15) is 66.2 Å². The van der Waals surface area contributed by atoms with Gasteiger partial charge >= 0.3 is 0 Å². The van der Waals surface area contributed by atoms with Gasteiger partial charge in [0.15, 0.2) is 0 Å². The molecule has 0 amide bonds. The first-order valence-electron chi connectivity index (χ1n) is 6.63. The largest absolute Gasteiger partial charge is 0.0651 e. The molecule has 0 bridgehead atoms. The zero-order chi connectivity index (χ0) is 10.6. The van der Waals surface area contributed by atoms with Crippen molar-refractivity contribution in [2.75, 3.05) is 0 Å². The van der Waals surface area contributed by atoms with Crippen molar-refractivity contribution in [3.63, 3.8) is 0 Å². The lowest BCUT2D eigenvalue weighted by atomic mass is 9.72. The van der Waals surface area contributed by atoms with Gasteiger partial charge in [0.05, 0.1) is 0 Å². The maximum Gasteiger partial charge on any atom is -0.0388 e. The highest BCUT2D eigenvalue weighted by atomic mass is 14.3. The molecular weight excluding hydrogens is 168 g/mol. The Bertz CT molecular complexity index is 148. The zero-order valence-electron chi connectivity index (χ0n) is 10.6. The third kappa shape index (κ3) is 3.63. The van der Waals surface area contributed by atoms with E-state index >= 15 is 0 Å². The molecule has 3 atom stereocenters. The summed E-state index contributed by atoms with van der Waals surface area (Å²) in [4.78, 5) is 0. The van der Waals surface area contributed by atoms with E-state index in [4.69, 9.17) is 0 Å². The second-order valence-corrected chi connectivity index (χ2v) is 5.80. The summed E-state index contributed by atoms with van der Waals surface area (Å²) < 4.78 is 0. The molecule has 1 saturated carbocycles. The van der Waals surface area contributed by atoms with Gasteiger partial charge < -0.3 is 0 Å². The van der Waals surface area contributed by atoms with Crippen LogP contribution in [0.15, 0.2) is 0 Å². The van der Waals surface area contributed by atoms with Gasteiger partial charge in [-0.05, 0) is 30.1 Å². The van der Waals surface area contributed by atoms with Gasteiger partial charge in [0.2, 0.25) is 0 Å². The summed E-state index contributed by atoms with van der Waals surface area (Å²) in [5.74, 6) is 3.98. The Kier molecular flexibility index (Phi) is 4.98. The molecule has 0 aliphatic heterocycles. The highest BCUT2D eigenvalue weighted by molar-refractivity contribution is 4.77. The van der Waals surface area contributed by atoms with Crippen molar-refractivity contribution in [2.45, 2.75) is 66.2 Å². The minimum Gasteiger partial charge on any atom is -0.0651 e. The van der Waals surface area contributed by atoms with E-state index in [2.05, 4.69) is 27.7 Å². The van der Waals surface area contributed by atoms with E-state index in [1.807, 2.05) is 0 Å². The van der Waals surface area contributed by atoms with E-state index in [0.29, 0.717) is 0 Å². The van der Waals surface area contributed by atoms with Gasteiger partial charge in [-0.1, -0.05) is 59.8 Å². The lowest BCUT2D eigenvalue weighted by molar-refractivity contribution is 0.175. The van der Waals surface area contributed by atoms with Crippen LogP contribution in [-0.4, -0.2) is 0 Å². The molecule has 0 nitrogen and oxygen atoms in total. The predicted octanol–water partition coefficient (Wildman–Crippen LogP) is 4.89. The van der Waals surface area contributed by atoms with Crippen molar-refractivity contribution in [1.82, 2.24) is 0 Å². The van der Waals surface area contributed by atoms with E-state index in [0.717, 1.165) is 23.7 Å². The van der Waals surface area contributed by atoms with E-state index in [9.17, 15) is 0 Å². The minimum absolute atomic E-state index is 0.898. The molecule has 0 heteroatoms. The van der Waals surface area contributed by atoms with Gasteiger partial charge in [-0.3, -0.25) is 0 Å². The normalized spacial score (nSPS) is 33.6. The number of hydrogen-bond donors (Lipinski definition) is 0. The Balaban J connectivity index is 2.27. The van der Waals surface area contributed by atoms with Crippen molar-refractivity contribution < 1.29 is 0 Å². The second-order valence-electron chi connectivity index (χ2n) is 5.80. The lowest BCUT2D eigenvalue weighted by Crippen LogP contribution is -2.22. The highest BCUT2D eigenvalue weighted by Gasteiger charge is 2.25. The fourth-order valence-corrected chi connectivity index (χ4v) is 2.91. The molecule has 0 N–H and O–H groups in total. The van der Waals surface area contributed by atoms with Gasteiger partial charge in [0.1, 0.15) is 0 Å². The molecule has 0 heterocycles. The standard InChI is InChI=1S/C14H28/c1-5-14-10-13(8-6-11(2)3)9-7-12(14)4/h11-14H,5-10H2,1-4H3. The third-order valence-corrected chi connectivity index (χ3v) is 4.15. The smallest absolute Gasteiger partial charge is 0.0388 e. The first-order valence-corrected chi connectivity index (χ1v) is 6.63. The molecule has 84 valence electrons. The Hall–Kier alpha value is 0. The van der Waals surface area contributed by atoms with Gasteiger partial charge in [0.25, 0.3) is 0 Å².